The number of hydrogen-bond acceptors (Lipinski definition) is 7. The first-order chi connectivity index (χ1) is 15.4. The molecule has 0 atom stereocenters. The normalized spacial score (nSPS) is 12.0. The summed E-state index contributed by atoms with van der Waals surface area (Å²) in [6.45, 7) is 6.66. The second-order valence-corrected chi connectivity index (χ2v) is 9.04. The number of anilines is 2. The Hall–Kier alpha value is -3.08. The fourth-order valence-electron chi connectivity index (χ4n) is 3.15. The fraction of sp³-hybridized carbons (Fsp3) is 0.318. The van der Waals surface area contributed by atoms with Gasteiger partial charge in [0.15, 0.2) is 0 Å². The van der Waals surface area contributed by atoms with Crippen molar-refractivity contribution in [3.05, 3.63) is 54.6 Å². The number of rotatable bonds is 10. The first-order valence-corrected chi connectivity index (χ1v) is 11.7. The van der Waals surface area contributed by atoms with Crippen molar-refractivity contribution in [2.75, 3.05) is 25.6 Å². The molecule has 170 valence electrons. The van der Waals surface area contributed by atoms with Crippen LogP contribution in [0.25, 0.3) is 17.5 Å². The third-order valence-corrected chi connectivity index (χ3v) is 6.07. The number of benzene rings is 1. The summed E-state index contributed by atoms with van der Waals surface area (Å²) in [7, 11) is -2.07. The Bertz CT molecular complexity index is 1170. The number of ether oxygens (including phenoxy) is 1. The van der Waals surface area contributed by atoms with Gasteiger partial charge in [0.1, 0.15) is 5.82 Å². The van der Waals surface area contributed by atoms with Crippen molar-refractivity contribution < 1.29 is 13.2 Å². The Balaban J connectivity index is 1.80. The number of allylic oxidation sites excluding steroid dienone is 1. The van der Waals surface area contributed by atoms with Gasteiger partial charge in [-0.15, -0.1) is 0 Å². The van der Waals surface area contributed by atoms with Crippen LogP contribution in [0.5, 0.6) is 0 Å². The van der Waals surface area contributed by atoms with Gasteiger partial charge < -0.3 is 14.6 Å². The summed E-state index contributed by atoms with van der Waals surface area (Å²) >= 11 is 0. The van der Waals surface area contributed by atoms with Crippen molar-refractivity contribution >= 4 is 27.7 Å². The van der Waals surface area contributed by atoms with E-state index in [9.17, 15) is 8.42 Å². The molecule has 3 rings (SSSR count). The van der Waals surface area contributed by atoms with Gasteiger partial charge in [-0.05, 0) is 57.2 Å². The van der Waals surface area contributed by atoms with Crippen LogP contribution in [0.3, 0.4) is 0 Å². The topological polar surface area (TPSA) is 111 Å². The highest BCUT2D eigenvalue weighted by atomic mass is 32.2. The van der Waals surface area contributed by atoms with Gasteiger partial charge in [0.25, 0.3) is 0 Å². The van der Waals surface area contributed by atoms with Gasteiger partial charge in [-0.25, -0.2) is 28.1 Å². The highest BCUT2D eigenvalue weighted by Crippen LogP contribution is 2.25. The lowest BCUT2D eigenvalue weighted by Crippen LogP contribution is -2.27. The monoisotopic (exact) mass is 456 g/mol. The molecule has 0 aliphatic rings. The molecule has 0 unspecified atom stereocenters. The number of methoxy groups -OCH3 is 1. The van der Waals surface area contributed by atoms with E-state index in [4.69, 9.17) is 4.74 Å². The maximum Gasteiger partial charge on any atom is 0.240 e. The molecule has 0 amide bonds. The van der Waals surface area contributed by atoms with E-state index in [1.165, 1.54) is 19.2 Å². The molecule has 0 saturated carbocycles. The molecular weight excluding hydrogens is 428 g/mol. The molecule has 0 spiro atoms. The molecule has 1 aromatic carbocycles. The molecule has 0 aliphatic carbocycles. The van der Waals surface area contributed by atoms with E-state index in [0.29, 0.717) is 18.2 Å². The molecule has 0 saturated heterocycles. The second kappa shape index (κ2) is 10.5. The van der Waals surface area contributed by atoms with E-state index in [1.807, 2.05) is 25.1 Å². The van der Waals surface area contributed by atoms with Crippen molar-refractivity contribution in [3.8, 4) is 11.4 Å². The third-order valence-electron chi connectivity index (χ3n) is 4.59. The van der Waals surface area contributed by atoms with Crippen LogP contribution >= 0.6 is 0 Å². The SMILES string of the molecule is C/C=C\c1ncc(-c2ccnc(Nc3ccc(S(=O)(=O)NCCOC)cc3)n2)n1C(C)C. The number of nitrogens with zero attached hydrogens (tertiary/aromatic N) is 4. The smallest absolute Gasteiger partial charge is 0.240 e. The van der Waals surface area contributed by atoms with Gasteiger partial charge in [-0.2, -0.15) is 0 Å². The largest absolute Gasteiger partial charge is 0.383 e. The zero-order valence-electron chi connectivity index (χ0n) is 18.6. The van der Waals surface area contributed by atoms with Gasteiger partial charge in [0, 0.05) is 31.6 Å². The minimum atomic E-state index is -3.58. The standard InChI is InChI=1S/C22H28N6O3S/c1-5-6-21-24-15-20(28(21)16(2)3)19-11-12-23-22(27-19)26-17-7-9-18(10-8-17)32(29,30)25-13-14-31-4/h5-12,15-16,25H,13-14H2,1-4H3,(H,23,26,27)/b6-5-. The van der Waals surface area contributed by atoms with Crippen LogP contribution in [-0.2, 0) is 14.8 Å². The fourth-order valence-corrected chi connectivity index (χ4v) is 4.16. The van der Waals surface area contributed by atoms with Crippen LogP contribution < -0.4 is 10.0 Å². The summed E-state index contributed by atoms with van der Waals surface area (Å²) < 4.78 is 34.1. The molecular formula is C22H28N6O3S. The van der Waals surface area contributed by atoms with Crippen molar-refractivity contribution in [1.82, 2.24) is 24.2 Å². The number of hydrogen-bond donors (Lipinski definition) is 2. The average molecular weight is 457 g/mol. The highest BCUT2D eigenvalue weighted by molar-refractivity contribution is 7.89. The lowest BCUT2D eigenvalue weighted by Gasteiger charge is -2.14. The summed E-state index contributed by atoms with van der Waals surface area (Å²) in [5.41, 5.74) is 2.30. The minimum absolute atomic E-state index is 0.172. The van der Waals surface area contributed by atoms with E-state index in [0.717, 1.165) is 17.2 Å². The van der Waals surface area contributed by atoms with Crippen molar-refractivity contribution in [2.45, 2.75) is 31.7 Å². The van der Waals surface area contributed by atoms with E-state index in [-0.39, 0.29) is 17.5 Å². The van der Waals surface area contributed by atoms with Crippen LogP contribution in [0, 0.1) is 0 Å². The summed E-state index contributed by atoms with van der Waals surface area (Å²) in [6.07, 6.45) is 7.40. The Morgan fingerprint density at radius 3 is 2.56 bits per heavy atom. The minimum Gasteiger partial charge on any atom is -0.383 e. The predicted octanol–water partition coefficient (Wildman–Crippen LogP) is 3.62. The molecule has 0 fully saturated rings. The van der Waals surface area contributed by atoms with Crippen molar-refractivity contribution in [3.63, 3.8) is 0 Å². The Morgan fingerprint density at radius 2 is 1.91 bits per heavy atom. The van der Waals surface area contributed by atoms with Crippen molar-refractivity contribution in [2.24, 2.45) is 0 Å². The lowest BCUT2D eigenvalue weighted by molar-refractivity contribution is 0.204. The van der Waals surface area contributed by atoms with Gasteiger partial charge >= 0.3 is 0 Å². The summed E-state index contributed by atoms with van der Waals surface area (Å²) in [5, 5.41) is 3.12. The number of nitrogens with one attached hydrogen (secondary N) is 2. The van der Waals surface area contributed by atoms with Crippen LogP contribution in [-0.4, -0.2) is 48.2 Å². The summed E-state index contributed by atoms with van der Waals surface area (Å²) in [5.74, 6) is 1.27. The van der Waals surface area contributed by atoms with Crippen LogP contribution in [0.1, 0.15) is 32.6 Å². The quantitative estimate of drug-likeness (QED) is 0.448. The molecule has 0 aliphatic heterocycles. The van der Waals surface area contributed by atoms with Crippen molar-refractivity contribution in [1.29, 1.82) is 0 Å². The maximum atomic E-state index is 12.3. The summed E-state index contributed by atoms with van der Waals surface area (Å²) in [4.78, 5) is 13.6. The van der Waals surface area contributed by atoms with Crippen LogP contribution in [0.4, 0.5) is 11.6 Å². The molecule has 0 radical (unpaired) electrons. The molecule has 0 bridgehead atoms. The number of aromatic nitrogens is 4. The number of sulfonamides is 1. The Labute approximate surface area is 188 Å². The molecule has 10 heteroatoms. The van der Waals surface area contributed by atoms with E-state index in [2.05, 4.69) is 43.4 Å². The Kier molecular flexibility index (Phi) is 7.73. The van der Waals surface area contributed by atoms with Crippen LogP contribution in [0.2, 0.25) is 0 Å². The number of imidazole rings is 1. The van der Waals surface area contributed by atoms with Gasteiger partial charge in [-0.1, -0.05) is 6.08 Å². The molecule has 2 N–H and O–H groups in total. The molecule has 2 heterocycles. The average Bonchev–Trinajstić information content (AvgIpc) is 3.19. The first-order valence-electron chi connectivity index (χ1n) is 10.2. The van der Waals surface area contributed by atoms with E-state index in [1.54, 1.807) is 24.5 Å². The first kappa shape index (κ1) is 23.6. The molecule has 2 aromatic heterocycles. The van der Waals surface area contributed by atoms with Crippen LogP contribution in [0.15, 0.2) is 53.7 Å². The van der Waals surface area contributed by atoms with Gasteiger partial charge in [-0.3, -0.25) is 0 Å². The third kappa shape index (κ3) is 5.58. The summed E-state index contributed by atoms with van der Waals surface area (Å²) in [6, 6.07) is 8.43. The second-order valence-electron chi connectivity index (χ2n) is 7.27. The lowest BCUT2D eigenvalue weighted by atomic mass is 10.2. The van der Waals surface area contributed by atoms with E-state index < -0.39 is 10.0 Å². The molecule has 32 heavy (non-hydrogen) atoms. The zero-order valence-corrected chi connectivity index (χ0v) is 19.4. The van der Waals surface area contributed by atoms with Gasteiger partial charge in [0.05, 0.1) is 29.1 Å². The van der Waals surface area contributed by atoms with E-state index >= 15 is 0 Å². The van der Waals surface area contributed by atoms with Gasteiger partial charge in [0.2, 0.25) is 16.0 Å². The molecule has 9 nitrogen and oxygen atoms in total. The zero-order chi connectivity index (χ0) is 23.1. The Morgan fingerprint density at radius 1 is 1.16 bits per heavy atom. The highest BCUT2D eigenvalue weighted by Gasteiger charge is 2.15. The maximum absolute atomic E-state index is 12.3. The molecule has 3 aromatic rings. The predicted molar refractivity (Wildman–Crippen MR) is 125 cm³/mol.